The second kappa shape index (κ2) is 8.15. The highest BCUT2D eigenvalue weighted by atomic mass is 19.3. The molecule has 28 heavy (non-hydrogen) atoms. The molecule has 0 atom stereocenters. The molecule has 0 unspecified atom stereocenters. The molecule has 0 saturated heterocycles. The number of rotatable bonds is 5. The van der Waals surface area contributed by atoms with Crippen LogP contribution in [0.15, 0.2) is 18.3 Å². The predicted molar refractivity (Wildman–Crippen MR) is 104 cm³/mol. The molecule has 7 heteroatoms. The fourth-order valence-corrected chi connectivity index (χ4v) is 3.58. The number of carbonyl (C=O) groups excluding carboxylic acids is 1. The van der Waals surface area contributed by atoms with Crippen LogP contribution in [0.25, 0.3) is 5.65 Å². The van der Waals surface area contributed by atoms with Gasteiger partial charge in [-0.05, 0) is 50.2 Å². The van der Waals surface area contributed by atoms with Crippen LogP contribution in [-0.2, 0) is 4.74 Å². The van der Waals surface area contributed by atoms with Crippen molar-refractivity contribution in [2.45, 2.75) is 71.9 Å². The number of aryl methyl sites for hydroxylation is 1. The molecule has 1 aliphatic rings. The van der Waals surface area contributed by atoms with Crippen LogP contribution in [-0.4, -0.2) is 34.0 Å². The van der Waals surface area contributed by atoms with E-state index in [1.807, 2.05) is 0 Å². The number of fused-ring (bicyclic) bond motifs is 1. The van der Waals surface area contributed by atoms with Gasteiger partial charge in [-0.25, -0.2) is 13.8 Å². The predicted octanol–water partition coefficient (Wildman–Crippen LogP) is 4.68. The van der Waals surface area contributed by atoms with E-state index in [4.69, 9.17) is 4.74 Å². The third kappa shape index (κ3) is 4.87. The summed E-state index contributed by atoms with van der Waals surface area (Å²) in [7, 11) is 0. The third-order valence-corrected chi connectivity index (χ3v) is 5.01. The number of nitrogens with one attached hydrogen (secondary N) is 1. The Morgan fingerprint density at radius 3 is 2.61 bits per heavy atom. The first kappa shape index (κ1) is 20.7. The monoisotopic (exact) mass is 393 g/mol. The summed E-state index contributed by atoms with van der Waals surface area (Å²) >= 11 is 0. The van der Waals surface area contributed by atoms with Gasteiger partial charge >= 0.3 is 0 Å². The van der Waals surface area contributed by atoms with Gasteiger partial charge < -0.3 is 10.1 Å². The summed E-state index contributed by atoms with van der Waals surface area (Å²) in [6.45, 7) is 8.82. The van der Waals surface area contributed by atoms with E-state index in [9.17, 15) is 13.6 Å². The van der Waals surface area contributed by atoms with E-state index in [1.54, 1.807) is 13.0 Å². The van der Waals surface area contributed by atoms with Gasteiger partial charge in [-0.3, -0.25) is 9.20 Å². The minimum absolute atomic E-state index is 0.0660. The smallest absolute Gasteiger partial charge is 0.278 e. The number of alkyl halides is 2. The molecule has 154 valence electrons. The van der Waals surface area contributed by atoms with Gasteiger partial charge in [-0.2, -0.15) is 0 Å². The highest BCUT2D eigenvalue weighted by molar-refractivity contribution is 6.00. The van der Waals surface area contributed by atoms with E-state index < -0.39 is 6.43 Å². The molecule has 0 bridgehead atoms. The zero-order chi connectivity index (χ0) is 20.5. The summed E-state index contributed by atoms with van der Waals surface area (Å²) < 4.78 is 33.8. The van der Waals surface area contributed by atoms with Gasteiger partial charge in [0.15, 0.2) is 0 Å². The van der Waals surface area contributed by atoms with Crippen molar-refractivity contribution in [2.75, 3.05) is 6.61 Å². The van der Waals surface area contributed by atoms with Gasteiger partial charge in [0.25, 0.3) is 12.3 Å². The number of nitrogens with zero attached hydrogens (tertiary/aromatic N) is 2. The Balaban J connectivity index is 1.63. The molecule has 0 radical (unpaired) electrons. The maximum atomic E-state index is 13.3. The molecular weight excluding hydrogens is 364 g/mol. The summed E-state index contributed by atoms with van der Waals surface area (Å²) in [5, 5.41) is 3.04. The maximum Gasteiger partial charge on any atom is 0.278 e. The summed E-state index contributed by atoms with van der Waals surface area (Å²) in [4.78, 5) is 17.0. The Hall–Kier alpha value is -2.02. The summed E-state index contributed by atoms with van der Waals surface area (Å²) in [6, 6.07) is 2.97. The van der Waals surface area contributed by atoms with Crippen LogP contribution in [0, 0.1) is 12.3 Å². The van der Waals surface area contributed by atoms with Crippen molar-refractivity contribution in [3.05, 3.63) is 35.3 Å². The Labute approximate surface area is 164 Å². The number of hydrogen-bond acceptors (Lipinski definition) is 3. The molecule has 2 aromatic heterocycles. The largest absolute Gasteiger partial charge is 0.378 e. The number of carbonyl (C=O) groups is 1. The van der Waals surface area contributed by atoms with Crippen LogP contribution in [0.2, 0.25) is 0 Å². The topological polar surface area (TPSA) is 55.6 Å². The first-order valence-corrected chi connectivity index (χ1v) is 9.83. The van der Waals surface area contributed by atoms with Gasteiger partial charge in [0.2, 0.25) is 0 Å². The fraction of sp³-hybridized carbons (Fsp3) is 0.619. The molecule has 1 aliphatic carbocycles. The van der Waals surface area contributed by atoms with E-state index in [0.717, 1.165) is 32.3 Å². The normalized spacial score (nSPS) is 20.7. The molecule has 0 aromatic carbocycles. The lowest BCUT2D eigenvalue weighted by molar-refractivity contribution is -0.0134. The maximum absolute atomic E-state index is 13.3. The molecular formula is C21H29F2N3O2. The van der Waals surface area contributed by atoms with E-state index in [1.165, 1.54) is 16.7 Å². The molecule has 1 N–H and O–H groups in total. The molecule has 2 aromatic rings. The minimum Gasteiger partial charge on any atom is -0.378 e. The highest BCUT2D eigenvalue weighted by Gasteiger charge is 2.26. The van der Waals surface area contributed by atoms with Gasteiger partial charge in [0, 0.05) is 17.9 Å². The van der Waals surface area contributed by atoms with Crippen LogP contribution in [0.1, 0.15) is 74.6 Å². The van der Waals surface area contributed by atoms with Crippen LogP contribution in [0.5, 0.6) is 0 Å². The van der Waals surface area contributed by atoms with Crippen molar-refractivity contribution in [3.63, 3.8) is 0 Å². The highest BCUT2D eigenvalue weighted by Crippen LogP contribution is 2.26. The molecule has 0 aliphatic heterocycles. The second-order valence-electron chi connectivity index (χ2n) is 8.86. The van der Waals surface area contributed by atoms with Crippen molar-refractivity contribution in [2.24, 2.45) is 5.41 Å². The minimum atomic E-state index is -2.63. The lowest BCUT2D eigenvalue weighted by Crippen LogP contribution is -2.39. The number of amides is 1. The average molecular weight is 393 g/mol. The van der Waals surface area contributed by atoms with Crippen LogP contribution in [0.3, 0.4) is 0 Å². The molecule has 1 fully saturated rings. The van der Waals surface area contributed by atoms with E-state index in [0.29, 0.717) is 11.3 Å². The van der Waals surface area contributed by atoms with Crippen LogP contribution >= 0.6 is 0 Å². The Morgan fingerprint density at radius 1 is 1.32 bits per heavy atom. The SMILES string of the molecule is Cc1cc(C(F)F)n2ccc(C(=O)NC3CCC(OCC(C)(C)C)CC3)c2n1. The molecule has 1 saturated carbocycles. The lowest BCUT2D eigenvalue weighted by Gasteiger charge is -2.31. The molecule has 2 heterocycles. The van der Waals surface area contributed by atoms with E-state index in [2.05, 4.69) is 31.1 Å². The standard InChI is InChI=1S/C21H29F2N3O2/c1-13-11-17(18(22)23)26-10-9-16(19(26)24-13)20(27)25-14-5-7-15(8-6-14)28-12-21(2,3)4/h9-11,14-15,18H,5-8,12H2,1-4H3,(H,25,27). The fourth-order valence-electron chi connectivity index (χ4n) is 3.58. The number of hydrogen-bond donors (Lipinski definition) is 1. The average Bonchev–Trinajstić information content (AvgIpc) is 3.03. The third-order valence-electron chi connectivity index (χ3n) is 5.01. The Kier molecular flexibility index (Phi) is 6.03. The molecule has 1 amide bonds. The second-order valence-corrected chi connectivity index (χ2v) is 8.86. The Morgan fingerprint density at radius 2 is 2.00 bits per heavy atom. The zero-order valence-electron chi connectivity index (χ0n) is 17.0. The first-order chi connectivity index (χ1) is 13.1. The van der Waals surface area contributed by atoms with Crippen LogP contribution in [0.4, 0.5) is 8.78 Å². The number of ether oxygens (including phenoxy) is 1. The van der Waals surface area contributed by atoms with Gasteiger partial charge in [0.1, 0.15) is 5.65 Å². The first-order valence-electron chi connectivity index (χ1n) is 9.83. The van der Waals surface area contributed by atoms with Crippen molar-refractivity contribution in [3.8, 4) is 0 Å². The number of halogens is 2. The van der Waals surface area contributed by atoms with Crippen molar-refractivity contribution < 1.29 is 18.3 Å². The number of aromatic nitrogens is 2. The summed E-state index contributed by atoms with van der Waals surface area (Å²) in [5.41, 5.74) is 1.06. The summed E-state index contributed by atoms with van der Waals surface area (Å²) in [6.07, 6.45) is 2.60. The Bertz CT molecular complexity index is 834. The van der Waals surface area contributed by atoms with Gasteiger partial charge in [-0.15, -0.1) is 0 Å². The van der Waals surface area contributed by atoms with Crippen molar-refractivity contribution >= 4 is 11.6 Å². The van der Waals surface area contributed by atoms with Gasteiger partial charge in [-0.1, -0.05) is 20.8 Å². The van der Waals surface area contributed by atoms with E-state index >= 15 is 0 Å². The lowest BCUT2D eigenvalue weighted by atomic mass is 9.92. The molecule has 3 rings (SSSR count). The van der Waals surface area contributed by atoms with Crippen molar-refractivity contribution in [1.29, 1.82) is 0 Å². The van der Waals surface area contributed by atoms with Crippen molar-refractivity contribution in [1.82, 2.24) is 14.7 Å². The summed E-state index contributed by atoms with van der Waals surface area (Å²) in [5.74, 6) is -0.264. The molecule has 0 spiro atoms. The quantitative estimate of drug-likeness (QED) is 0.802. The van der Waals surface area contributed by atoms with Crippen LogP contribution < -0.4 is 5.32 Å². The van der Waals surface area contributed by atoms with Gasteiger partial charge in [0.05, 0.1) is 24.0 Å². The molecule has 5 nitrogen and oxygen atoms in total. The van der Waals surface area contributed by atoms with E-state index in [-0.39, 0.29) is 34.8 Å². The zero-order valence-corrected chi connectivity index (χ0v) is 17.0.